The third-order valence-electron chi connectivity index (χ3n) is 7.34. The van der Waals surface area contributed by atoms with Gasteiger partial charge in [0.05, 0.1) is 12.9 Å². The molecule has 0 aliphatic carbocycles. The van der Waals surface area contributed by atoms with Crippen molar-refractivity contribution in [1.29, 1.82) is 0 Å². The summed E-state index contributed by atoms with van der Waals surface area (Å²) in [6.07, 6.45) is 3.92. The van der Waals surface area contributed by atoms with Gasteiger partial charge in [0.1, 0.15) is 5.75 Å². The molecule has 1 aromatic rings. The summed E-state index contributed by atoms with van der Waals surface area (Å²) in [4.78, 5) is 2.52. The number of hydrogen-bond acceptors (Lipinski definition) is 6. The van der Waals surface area contributed by atoms with Crippen LogP contribution in [-0.2, 0) is 26.7 Å². The maximum absolute atomic E-state index is 13.3. The average Bonchev–Trinajstić information content (AvgIpc) is 2.79. The number of methoxy groups -OCH3 is 1. The Kier molecular flexibility index (Phi) is 7.38. The molecule has 9 nitrogen and oxygen atoms in total. The number of sulfonamides is 1. The lowest BCUT2D eigenvalue weighted by Gasteiger charge is -2.51. The molecule has 0 aromatic heterocycles. The first kappa shape index (κ1) is 24.9. The van der Waals surface area contributed by atoms with Crippen LogP contribution >= 0.6 is 0 Å². The largest absolute Gasteiger partial charge is 0.496 e. The van der Waals surface area contributed by atoms with Crippen LogP contribution in [0.3, 0.4) is 0 Å². The molecular formula is C22H36N4O5S2. The van der Waals surface area contributed by atoms with Gasteiger partial charge in [-0.3, -0.25) is 4.90 Å². The van der Waals surface area contributed by atoms with E-state index in [-0.39, 0.29) is 30.8 Å². The van der Waals surface area contributed by atoms with Crippen molar-refractivity contribution in [3.63, 3.8) is 0 Å². The van der Waals surface area contributed by atoms with Crippen molar-refractivity contribution in [2.75, 3.05) is 53.1 Å². The van der Waals surface area contributed by atoms with Gasteiger partial charge in [0.25, 0.3) is 10.2 Å². The van der Waals surface area contributed by atoms with Crippen molar-refractivity contribution in [2.45, 2.75) is 44.2 Å². The number of ether oxygens (including phenoxy) is 1. The summed E-state index contributed by atoms with van der Waals surface area (Å²) in [5, 5.41) is 0. The van der Waals surface area contributed by atoms with Crippen molar-refractivity contribution >= 4 is 20.2 Å². The molecular weight excluding hydrogens is 464 g/mol. The third-order valence-corrected chi connectivity index (χ3v) is 10.8. The van der Waals surface area contributed by atoms with Gasteiger partial charge in [-0.25, -0.2) is 13.1 Å². The molecule has 0 amide bonds. The van der Waals surface area contributed by atoms with E-state index in [1.54, 1.807) is 11.4 Å². The number of fused-ring (bicyclic) bond motifs is 4. The van der Waals surface area contributed by atoms with Gasteiger partial charge in [-0.15, -0.1) is 0 Å². The van der Waals surface area contributed by atoms with Gasteiger partial charge in [-0.1, -0.05) is 12.1 Å². The number of nitrogens with zero attached hydrogens (tertiary/aromatic N) is 3. The van der Waals surface area contributed by atoms with E-state index in [9.17, 15) is 16.8 Å². The minimum atomic E-state index is -3.55. The standard InChI is InChI=1S/C22H36N4O5S2/c1-24(2)33(29,30)23-11-6-14-32(27,28)26-12-5-7-17-16-25-13-10-19-18(21(25)15-20(17)26)8-4-9-22(19)31-3/h4,8-9,17,20-21,23H,5-7,10-16H2,1-3H3/t17-,20+,21+/m1/s1. The highest BCUT2D eigenvalue weighted by Gasteiger charge is 2.46. The summed E-state index contributed by atoms with van der Waals surface area (Å²) < 4.78 is 61.2. The minimum absolute atomic E-state index is 0.0133. The Labute approximate surface area is 198 Å². The van der Waals surface area contributed by atoms with Gasteiger partial charge < -0.3 is 4.74 Å². The molecule has 11 heteroatoms. The second kappa shape index (κ2) is 9.79. The van der Waals surface area contributed by atoms with Crippen molar-refractivity contribution in [3.8, 4) is 5.75 Å². The molecule has 2 fully saturated rings. The Balaban J connectivity index is 1.47. The highest BCUT2D eigenvalue weighted by molar-refractivity contribution is 7.89. The summed E-state index contributed by atoms with van der Waals surface area (Å²) in [5.74, 6) is 1.21. The number of piperidine rings is 2. The van der Waals surface area contributed by atoms with Crippen LogP contribution in [0.15, 0.2) is 18.2 Å². The Morgan fingerprint density at radius 2 is 1.97 bits per heavy atom. The predicted molar refractivity (Wildman–Crippen MR) is 128 cm³/mol. The highest BCUT2D eigenvalue weighted by atomic mass is 32.2. The van der Waals surface area contributed by atoms with Crippen molar-refractivity contribution in [3.05, 3.63) is 29.3 Å². The zero-order valence-electron chi connectivity index (χ0n) is 19.7. The van der Waals surface area contributed by atoms with E-state index < -0.39 is 20.2 Å². The Hall–Kier alpha value is -1.24. The summed E-state index contributed by atoms with van der Waals surface area (Å²) in [6.45, 7) is 2.54. The first-order chi connectivity index (χ1) is 15.6. The Bertz CT molecular complexity index is 1060. The highest BCUT2D eigenvalue weighted by Crippen LogP contribution is 2.45. The van der Waals surface area contributed by atoms with Gasteiger partial charge in [0.15, 0.2) is 0 Å². The van der Waals surface area contributed by atoms with Crippen molar-refractivity contribution in [1.82, 2.24) is 18.2 Å². The van der Waals surface area contributed by atoms with Gasteiger partial charge in [0.2, 0.25) is 10.0 Å². The van der Waals surface area contributed by atoms with Crippen molar-refractivity contribution in [2.24, 2.45) is 5.92 Å². The average molecular weight is 501 g/mol. The topological polar surface area (TPSA) is 99.3 Å². The molecule has 1 aromatic carbocycles. The monoisotopic (exact) mass is 500 g/mol. The summed E-state index contributed by atoms with van der Waals surface area (Å²) >= 11 is 0. The smallest absolute Gasteiger partial charge is 0.278 e. The van der Waals surface area contributed by atoms with Crippen LogP contribution in [-0.4, -0.2) is 89.5 Å². The second-order valence-corrected chi connectivity index (χ2v) is 13.5. The summed E-state index contributed by atoms with van der Waals surface area (Å²) in [6, 6.07) is 6.38. The first-order valence-corrected chi connectivity index (χ1v) is 14.8. The molecule has 186 valence electrons. The lowest BCUT2D eigenvalue weighted by Crippen LogP contribution is -2.57. The van der Waals surface area contributed by atoms with Crippen LogP contribution in [0.25, 0.3) is 0 Å². The molecule has 0 bridgehead atoms. The third kappa shape index (κ3) is 5.08. The lowest BCUT2D eigenvalue weighted by molar-refractivity contribution is 0.0217. The maximum Gasteiger partial charge on any atom is 0.278 e. The number of hydrogen-bond donors (Lipinski definition) is 1. The Morgan fingerprint density at radius 1 is 1.18 bits per heavy atom. The predicted octanol–water partition coefficient (Wildman–Crippen LogP) is 1.19. The van der Waals surface area contributed by atoms with Crippen LogP contribution in [0.1, 0.15) is 42.9 Å². The molecule has 3 aliphatic heterocycles. The number of nitrogens with one attached hydrogen (secondary N) is 1. The van der Waals surface area contributed by atoms with Crippen molar-refractivity contribution < 1.29 is 21.6 Å². The fraction of sp³-hybridized carbons (Fsp3) is 0.727. The fourth-order valence-electron chi connectivity index (χ4n) is 5.66. The second-order valence-electron chi connectivity index (χ2n) is 9.46. The fourth-order valence-corrected chi connectivity index (χ4v) is 8.14. The van der Waals surface area contributed by atoms with Crippen LogP contribution in [0.2, 0.25) is 0 Å². The summed E-state index contributed by atoms with van der Waals surface area (Å²) in [7, 11) is -2.44. The molecule has 0 unspecified atom stereocenters. The van der Waals surface area contributed by atoms with Crippen LogP contribution in [0.5, 0.6) is 5.75 Å². The summed E-state index contributed by atoms with van der Waals surface area (Å²) in [5.41, 5.74) is 2.51. The molecule has 4 rings (SSSR count). The molecule has 0 spiro atoms. The minimum Gasteiger partial charge on any atom is -0.496 e. The van der Waals surface area contributed by atoms with E-state index in [0.717, 1.165) is 48.8 Å². The molecule has 3 heterocycles. The maximum atomic E-state index is 13.3. The molecule has 3 atom stereocenters. The van der Waals surface area contributed by atoms with Gasteiger partial charge in [-0.2, -0.15) is 17.0 Å². The van der Waals surface area contributed by atoms with E-state index in [0.29, 0.717) is 12.5 Å². The zero-order valence-corrected chi connectivity index (χ0v) is 21.4. The number of rotatable bonds is 8. The molecule has 3 aliphatic rings. The molecule has 1 N–H and O–H groups in total. The van der Waals surface area contributed by atoms with E-state index >= 15 is 0 Å². The first-order valence-electron chi connectivity index (χ1n) is 11.7. The van der Waals surface area contributed by atoms with Gasteiger partial charge in [0, 0.05) is 57.9 Å². The van der Waals surface area contributed by atoms with E-state index in [1.807, 2.05) is 12.1 Å². The lowest BCUT2D eigenvalue weighted by atomic mass is 9.77. The molecule has 0 radical (unpaired) electrons. The molecule has 33 heavy (non-hydrogen) atoms. The quantitative estimate of drug-likeness (QED) is 0.539. The van der Waals surface area contributed by atoms with Gasteiger partial charge in [-0.05, 0) is 49.7 Å². The molecule has 2 saturated heterocycles. The molecule has 0 saturated carbocycles. The van der Waals surface area contributed by atoms with E-state index in [2.05, 4.69) is 15.7 Å². The Morgan fingerprint density at radius 3 is 2.70 bits per heavy atom. The van der Waals surface area contributed by atoms with E-state index in [1.165, 1.54) is 25.2 Å². The number of benzene rings is 1. The van der Waals surface area contributed by atoms with E-state index in [4.69, 9.17) is 4.74 Å². The normalized spacial score (nSPS) is 26.5. The van der Waals surface area contributed by atoms with Crippen LogP contribution in [0.4, 0.5) is 0 Å². The van der Waals surface area contributed by atoms with Crippen LogP contribution in [0, 0.1) is 5.92 Å². The SMILES string of the molecule is COc1cccc2c1CCN1C[C@H]3CCCN(S(=O)(=O)CCCNS(=O)(=O)N(C)C)[C@H]3C[C@@H]21. The van der Waals surface area contributed by atoms with Crippen LogP contribution < -0.4 is 9.46 Å². The van der Waals surface area contributed by atoms with Gasteiger partial charge >= 0.3 is 0 Å². The zero-order chi connectivity index (χ0) is 23.8.